The first kappa shape index (κ1) is 13.9. The highest BCUT2D eigenvalue weighted by atomic mass is 16.5. The Morgan fingerprint density at radius 2 is 2.21 bits per heavy atom. The standard InChI is InChI=1S/C13H22N4O2/c1-19-11-12(15-9-16-13(11)18)17(8-7-14)10-5-3-2-4-6-10/h9-10H,2-8,14H2,1H3,(H,15,16,18). The number of nitrogens with zero attached hydrogens (tertiary/aromatic N) is 2. The van der Waals surface area contributed by atoms with E-state index in [2.05, 4.69) is 14.9 Å². The molecule has 0 bridgehead atoms. The third-order valence-electron chi connectivity index (χ3n) is 3.65. The van der Waals surface area contributed by atoms with E-state index in [1.165, 1.54) is 32.7 Å². The zero-order valence-corrected chi connectivity index (χ0v) is 11.4. The topological polar surface area (TPSA) is 84.2 Å². The van der Waals surface area contributed by atoms with E-state index in [-0.39, 0.29) is 11.3 Å². The first-order chi connectivity index (χ1) is 9.27. The second-order valence-electron chi connectivity index (χ2n) is 4.86. The number of methoxy groups -OCH3 is 1. The molecule has 3 N–H and O–H groups in total. The van der Waals surface area contributed by atoms with Crippen molar-refractivity contribution in [1.82, 2.24) is 9.97 Å². The minimum absolute atomic E-state index is 0.245. The highest BCUT2D eigenvalue weighted by molar-refractivity contribution is 5.51. The molecule has 0 saturated heterocycles. The maximum Gasteiger partial charge on any atom is 0.295 e. The summed E-state index contributed by atoms with van der Waals surface area (Å²) >= 11 is 0. The summed E-state index contributed by atoms with van der Waals surface area (Å²) in [5.74, 6) is 0.894. The fraction of sp³-hybridized carbons (Fsp3) is 0.692. The zero-order valence-electron chi connectivity index (χ0n) is 11.4. The Bertz CT molecular complexity index is 454. The molecular weight excluding hydrogens is 244 g/mol. The molecule has 1 aromatic heterocycles. The minimum Gasteiger partial charge on any atom is -0.489 e. The van der Waals surface area contributed by atoms with Crippen molar-refractivity contribution in [3.05, 3.63) is 16.7 Å². The number of nitrogens with one attached hydrogen (secondary N) is 1. The number of rotatable bonds is 5. The van der Waals surface area contributed by atoms with Crippen LogP contribution in [-0.2, 0) is 0 Å². The van der Waals surface area contributed by atoms with Gasteiger partial charge in [0.2, 0.25) is 5.75 Å². The van der Waals surface area contributed by atoms with E-state index in [1.807, 2.05) is 0 Å². The lowest BCUT2D eigenvalue weighted by molar-refractivity contribution is 0.387. The summed E-state index contributed by atoms with van der Waals surface area (Å²) in [5, 5.41) is 0. The maximum atomic E-state index is 11.8. The van der Waals surface area contributed by atoms with Crippen LogP contribution in [0, 0.1) is 0 Å². The van der Waals surface area contributed by atoms with Gasteiger partial charge >= 0.3 is 0 Å². The second kappa shape index (κ2) is 6.56. The summed E-state index contributed by atoms with van der Waals surface area (Å²) in [5.41, 5.74) is 5.46. The van der Waals surface area contributed by atoms with Crippen molar-refractivity contribution in [2.75, 3.05) is 25.1 Å². The number of aromatic nitrogens is 2. The van der Waals surface area contributed by atoms with Gasteiger partial charge < -0.3 is 20.4 Å². The molecule has 1 heterocycles. The van der Waals surface area contributed by atoms with E-state index in [1.54, 1.807) is 0 Å². The summed E-state index contributed by atoms with van der Waals surface area (Å²) < 4.78 is 5.21. The molecule has 0 atom stereocenters. The van der Waals surface area contributed by atoms with Gasteiger partial charge in [0.05, 0.1) is 13.4 Å². The number of nitrogens with two attached hydrogens (primary N) is 1. The van der Waals surface area contributed by atoms with Crippen molar-refractivity contribution in [3.8, 4) is 5.75 Å². The Kier molecular flexibility index (Phi) is 4.79. The summed E-state index contributed by atoms with van der Waals surface area (Å²) in [4.78, 5) is 20.8. The quantitative estimate of drug-likeness (QED) is 0.826. The fourth-order valence-corrected chi connectivity index (χ4v) is 2.76. The smallest absolute Gasteiger partial charge is 0.295 e. The fourth-order valence-electron chi connectivity index (χ4n) is 2.76. The average Bonchev–Trinajstić information content (AvgIpc) is 2.45. The highest BCUT2D eigenvalue weighted by Crippen LogP contribution is 2.29. The SMILES string of the molecule is COc1c(N(CCN)C2CCCCC2)nc[nH]c1=O. The van der Waals surface area contributed by atoms with Gasteiger partial charge in [0.15, 0.2) is 5.82 Å². The lowest BCUT2D eigenvalue weighted by Gasteiger charge is -2.35. The van der Waals surface area contributed by atoms with Gasteiger partial charge in [0, 0.05) is 19.1 Å². The number of hydrogen-bond acceptors (Lipinski definition) is 5. The van der Waals surface area contributed by atoms with Crippen LogP contribution in [0.25, 0.3) is 0 Å². The van der Waals surface area contributed by atoms with Crippen molar-refractivity contribution in [2.45, 2.75) is 38.1 Å². The summed E-state index contributed by atoms with van der Waals surface area (Å²) in [7, 11) is 1.50. The Morgan fingerprint density at radius 1 is 1.47 bits per heavy atom. The second-order valence-corrected chi connectivity index (χ2v) is 4.86. The molecule has 6 nitrogen and oxygen atoms in total. The molecule has 0 radical (unpaired) electrons. The predicted molar refractivity (Wildman–Crippen MR) is 74.7 cm³/mol. The molecule has 1 aliphatic rings. The molecule has 0 spiro atoms. The summed E-state index contributed by atoms with van der Waals surface area (Å²) in [6.45, 7) is 1.23. The minimum atomic E-state index is -0.245. The monoisotopic (exact) mass is 266 g/mol. The van der Waals surface area contributed by atoms with Crippen molar-refractivity contribution < 1.29 is 4.74 Å². The van der Waals surface area contributed by atoms with E-state index < -0.39 is 0 Å². The summed E-state index contributed by atoms with van der Waals surface area (Å²) in [6.07, 6.45) is 7.39. The third-order valence-corrected chi connectivity index (χ3v) is 3.65. The number of ether oxygens (including phenoxy) is 1. The van der Waals surface area contributed by atoms with Crippen LogP contribution in [0.4, 0.5) is 5.82 Å². The Morgan fingerprint density at radius 3 is 2.84 bits per heavy atom. The Balaban J connectivity index is 2.32. The van der Waals surface area contributed by atoms with Crippen molar-refractivity contribution in [1.29, 1.82) is 0 Å². The molecule has 6 heteroatoms. The molecule has 1 saturated carbocycles. The van der Waals surface area contributed by atoms with Gasteiger partial charge in [0.25, 0.3) is 5.56 Å². The zero-order chi connectivity index (χ0) is 13.7. The first-order valence-electron chi connectivity index (χ1n) is 6.86. The number of aromatic amines is 1. The molecule has 0 amide bonds. The molecule has 1 aromatic rings. The van der Waals surface area contributed by atoms with Crippen LogP contribution >= 0.6 is 0 Å². The lowest BCUT2D eigenvalue weighted by Crippen LogP contribution is -2.41. The molecular formula is C13H22N4O2. The number of anilines is 1. The largest absolute Gasteiger partial charge is 0.489 e. The van der Waals surface area contributed by atoms with Crippen LogP contribution in [-0.4, -0.2) is 36.2 Å². The Labute approximate surface area is 113 Å². The predicted octanol–water partition coefficient (Wildman–Crippen LogP) is 0.876. The number of hydrogen-bond donors (Lipinski definition) is 2. The van der Waals surface area contributed by atoms with Gasteiger partial charge in [-0.3, -0.25) is 4.79 Å². The van der Waals surface area contributed by atoms with Crippen LogP contribution in [0.3, 0.4) is 0 Å². The molecule has 19 heavy (non-hydrogen) atoms. The van der Waals surface area contributed by atoms with Gasteiger partial charge in [-0.2, -0.15) is 0 Å². The molecule has 106 valence electrons. The van der Waals surface area contributed by atoms with Crippen LogP contribution in [0.15, 0.2) is 11.1 Å². The average molecular weight is 266 g/mol. The first-order valence-corrected chi connectivity index (χ1v) is 6.86. The van der Waals surface area contributed by atoms with Gasteiger partial charge in [-0.05, 0) is 12.8 Å². The Hall–Kier alpha value is -1.56. The van der Waals surface area contributed by atoms with E-state index >= 15 is 0 Å². The van der Waals surface area contributed by atoms with Crippen LogP contribution in [0.5, 0.6) is 5.75 Å². The van der Waals surface area contributed by atoms with E-state index in [0.717, 1.165) is 12.8 Å². The van der Waals surface area contributed by atoms with E-state index in [9.17, 15) is 4.79 Å². The van der Waals surface area contributed by atoms with Gasteiger partial charge in [-0.25, -0.2) is 4.98 Å². The molecule has 0 unspecified atom stereocenters. The molecule has 0 aromatic carbocycles. The summed E-state index contributed by atoms with van der Waals surface area (Å²) in [6, 6.07) is 0.403. The normalized spacial score (nSPS) is 16.3. The van der Waals surface area contributed by atoms with E-state index in [0.29, 0.717) is 24.9 Å². The van der Waals surface area contributed by atoms with Gasteiger partial charge in [-0.1, -0.05) is 19.3 Å². The van der Waals surface area contributed by atoms with Crippen molar-refractivity contribution in [2.24, 2.45) is 5.73 Å². The molecule has 1 aliphatic carbocycles. The maximum absolute atomic E-state index is 11.8. The lowest BCUT2D eigenvalue weighted by atomic mass is 9.94. The molecule has 0 aliphatic heterocycles. The van der Waals surface area contributed by atoms with Crippen molar-refractivity contribution in [3.63, 3.8) is 0 Å². The molecule has 2 rings (SSSR count). The van der Waals surface area contributed by atoms with Crippen LogP contribution in [0.2, 0.25) is 0 Å². The number of H-pyrrole nitrogens is 1. The third kappa shape index (κ3) is 3.07. The van der Waals surface area contributed by atoms with Crippen LogP contribution < -0.4 is 20.9 Å². The van der Waals surface area contributed by atoms with Gasteiger partial charge in [-0.15, -0.1) is 0 Å². The van der Waals surface area contributed by atoms with Crippen LogP contribution in [0.1, 0.15) is 32.1 Å². The molecule has 1 fully saturated rings. The van der Waals surface area contributed by atoms with Crippen molar-refractivity contribution >= 4 is 5.82 Å². The van der Waals surface area contributed by atoms with E-state index in [4.69, 9.17) is 10.5 Å². The highest BCUT2D eigenvalue weighted by Gasteiger charge is 2.25. The van der Waals surface area contributed by atoms with Gasteiger partial charge in [0.1, 0.15) is 0 Å².